The van der Waals surface area contributed by atoms with E-state index in [-0.39, 0.29) is 5.91 Å². The minimum Gasteiger partial charge on any atom is -0.326 e. The number of hydrogen-bond donors (Lipinski definition) is 1. The second-order valence-corrected chi connectivity index (χ2v) is 8.43. The van der Waals surface area contributed by atoms with Gasteiger partial charge in [-0.05, 0) is 81.5 Å². The molecule has 164 valence electrons. The SMILES string of the molecule is CCc1cccc(NC(=O)CCc2c(C)nc3c(c(C)nn3-c3ccc(C)cc3)c2C)c1. The second-order valence-electron chi connectivity index (χ2n) is 8.43. The van der Waals surface area contributed by atoms with Gasteiger partial charge in [-0.3, -0.25) is 4.79 Å². The standard InChI is InChI=1S/C27H30N4O/c1-6-21-8-7-9-22(16-21)29-25(32)15-14-24-18(3)26-20(5)30-31(27(26)28-19(24)4)23-12-10-17(2)11-13-23/h7-13,16H,6,14-15H2,1-5H3,(H,29,32). The zero-order chi connectivity index (χ0) is 22.8. The number of amides is 1. The van der Waals surface area contributed by atoms with E-state index in [1.54, 1.807) is 0 Å². The summed E-state index contributed by atoms with van der Waals surface area (Å²) < 4.78 is 1.92. The predicted molar refractivity (Wildman–Crippen MR) is 131 cm³/mol. The summed E-state index contributed by atoms with van der Waals surface area (Å²) in [6.07, 6.45) is 2.01. The Labute approximate surface area is 189 Å². The van der Waals surface area contributed by atoms with Gasteiger partial charge in [-0.15, -0.1) is 0 Å². The molecule has 0 spiro atoms. The van der Waals surface area contributed by atoms with Crippen molar-refractivity contribution in [2.75, 3.05) is 5.32 Å². The van der Waals surface area contributed by atoms with Crippen molar-refractivity contribution in [2.45, 2.75) is 53.9 Å². The van der Waals surface area contributed by atoms with Crippen LogP contribution in [0.5, 0.6) is 0 Å². The van der Waals surface area contributed by atoms with Gasteiger partial charge >= 0.3 is 0 Å². The lowest BCUT2D eigenvalue weighted by atomic mass is 9.99. The number of nitrogens with zero attached hydrogens (tertiary/aromatic N) is 3. The molecule has 0 aliphatic heterocycles. The molecule has 0 bridgehead atoms. The molecule has 2 heterocycles. The number of hydrogen-bond acceptors (Lipinski definition) is 3. The number of carbonyl (C=O) groups excluding carboxylic acids is 1. The number of anilines is 1. The predicted octanol–water partition coefficient (Wildman–Crippen LogP) is 5.79. The molecule has 0 aliphatic rings. The van der Waals surface area contributed by atoms with Crippen LogP contribution in [0.2, 0.25) is 0 Å². The van der Waals surface area contributed by atoms with Crippen molar-refractivity contribution in [1.29, 1.82) is 0 Å². The third kappa shape index (κ3) is 4.28. The molecule has 0 unspecified atom stereocenters. The van der Waals surface area contributed by atoms with Crippen molar-refractivity contribution in [3.63, 3.8) is 0 Å². The Kier molecular flexibility index (Phi) is 6.08. The zero-order valence-corrected chi connectivity index (χ0v) is 19.5. The van der Waals surface area contributed by atoms with Crippen LogP contribution in [-0.2, 0) is 17.6 Å². The topological polar surface area (TPSA) is 59.8 Å². The molecule has 5 nitrogen and oxygen atoms in total. The van der Waals surface area contributed by atoms with E-state index in [0.29, 0.717) is 12.8 Å². The van der Waals surface area contributed by atoms with Crippen LogP contribution in [0.15, 0.2) is 48.5 Å². The lowest BCUT2D eigenvalue weighted by Gasteiger charge is -2.12. The third-order valence-corrected chi connectivity index (χ3v) is 6.07. The summed E-state index contributed by atoms with van der Waals surface area (Å²) in [6, 6.07) is 16.3. The van der Waals surface area contributed by atoms with Crippen molar-refractivity contribution < 1.29 is 4.79 Å². The molecule has 0 atom stereocenters. The molecule has 2 aromatic carbocycles. The molecular formula is C27H30N4O. The number of pyridine rings is 1. The van der Waals surface area contributed by atoms with Crippen LogP contribution >= 0.6 is 0 Å². The van der Waals surface area contributed by atoms with E-state index in [9.17, 15) is 4.79 Å². The number of benzene rings is 2. The first-order valence-corrected chi connectivity index (χ1v) is 11.2. The van der Waals surface area contributed by atoms with Gasteiger partial charge in [-0.2, -0.15) is 5.10 Å². The minimum absolute atomic E-state index is 0.0178. The molecule has 0 aliphatic carbocycles. The molecule has 1 N–H and O–H groups in total. The zero-order valence-electron chi connectivity index (χ0n) is 19.5. The Hall–Kier alpha value is -3.47. The maximum Gasteiger partial charge on any atom is 0.224 e. The Morgan fingerprint density at radius 2 is 1.75 bits per heavy atom. The summed E-state index contributed by atoms with van der Waals surface area (Å²) in [5, 5.41) is 8.88. The number of fused-ring (bicyclic) bond motifs is 1. The van der Waals surface area contributed by atoms with Gasteiger partial charge < -0.3 is 5.32 Å². The number of aromatic nitrogens is 3. The lowest BCUT2D eigenvalue weighted by Crippen LogP contribution is -2.13. The lowest BCUT2D eigenvalue weighted by molar-refractivity contribution is -0.116. The number of aryl methyl sites for hydroxylation is 5. The fourth-order valence-electron chi connectivity index (χ4n) is 4.27. The smallest absolute Gasteiger partial charge is 0.224 e. The van der Waals surface area contributed by atoms with Gasteiger partial charge in [-0.25, -0.2) is 9.67 Å². The van der Waals surface area contributed by atoms with Gasteiger partial charge in [-0.1, -0.05) is 36.8 Å². The number of nitrogens with one attached hydrogen (secondary N) is 1. The van der Waals surface area contributed by atoms with Crippen molar-refractivity contribution in [1.82, 2.24) is 14.8 Å². The molecule has 4 rings (SSSR count). The van der Waals surface area contributed by atoms with E-state index in [0.717, 1.165) is 51.3 Å². The molecule has 0 fully saturated rings. The Morgan fingerprint density at radius 3 is 2.47 bits per heavy atom. The third-order valence-electron chi connectivity index (χ3n) is 6.07. The molecule has 32 heavy (non-hydrogen) atoms. The molecule has 1 amide bonds. The van der Waals surface area contributed by atoms with Crippen molar-refractivity contribution in [2.24, 2.45) is 0 Å². The van der Waals surface area contributed by atoms with Crippen LogP contribution < -0.4 is 5.32 Å². The number of carbonyl (C=O) groups is 1. The molecule has 5 heteroatoms. The summed E-state index contributed by atoms with van der Waals surface area (Å²) in [4.78, 5) is 17.5. The maximum absolute atomic E-state index is 12.6. The molecule has 4 aromatic rings. The average Bonchev–Trinajstić information content (AvgIpc) is 3.10. The Morgan fingerprint density at radius 1 is 1.00 bits per heavy atom. The highest BCUT2D eigenvalue weighted by Crippen LogP contribution is 2.28. The Balaban J connectivity index is 1.59. The summed E-state index contributed by atoms with van der Waals surface area (Å²) >= 11 is 0. The van der Waals surface area contributed by atoms with Crippen LogP contribution in [0, 0.1) is 27.7 Å². The van der Waals surface area contributed by atoms with Gasteiger partial charge in [0, 0.05) is 23.2 Å². The number of rotatable bonds is 6. The largest absolute Gasteiger partial charge is 0.326 e. The van der Waals surface area contributed by atoms with Crippen molar-refractivity contribution in [3.05, 3.63) is 82.2 Å². The molecule has 0 radical (unpaired) electrons. The van der Waals surface area contributed by atoms with Gasteiger partial charge in [0.2, 0.25) is 5.91 Å². The molecular weight excluding hydrogens is 396 g/mol. The highest BCUT2D eigenvalue weighted by molar-refractivity contribution is 5.91. The highest BCUT2D eigenvalue weighted by Gasteiger charge is 2.18. The molecule has 0 saturated heterocycles. The van der Waals surface area contributed by atoms with Crippen LogP contribution in [0.1, 0.15) is 47.0 Å². The fourth-order valence-corrected chi connectivity index (χ4v) is 4.27. The van der Waals surface area contributed by atoms with E-state index < -0.39 is 0 Å². The Bertz CT molecular complexity index is 1290. The van der Waals surface area contributed by atoms with Crippen LogP contribution in [-0.4, -0.2) is 20.7 Å². The average molecular weight is 427 g/mol. The van der Waals surface area contributed by atoms with Crippen molar-refractivity contribution in [3.8, 4) is 5.69 Å². The van der Waals surface area contributed by atoms with E-state index in [4.69, 9.17) is 10.1 Å². The quantitative estimate of drug-likeness (QED) is 0.425. The maximum atomic E-state index is 12.6. The summed E-state index contributed by atoms with van der Waals surface area (Å²) in [5.74, 6) is 0.0178. The summed E-state index contributed by atoms with van der Waals surface area (Å²) in [6.45, 7) is 10.3. The minimum atomic E-state index is 0.0178. The van der Waals surface area contributed by atoms with Gasteiger partial charge in [0.25, 0.3) is 0 Å². The van der Waals surface area contributed by atoms with Crippen LogP contribution in [0.3, 0.4) is 0 Å². The van der Waals surface area contributed by atoms with Gasteiger partial charge in [0.05, 0.1) is 11.4 Å². The summed E-state index contributed by atoms with van der Waals surface area (Å²) in [7, 11) is 0. The molecule has 0 saturated carbocycles. The monoisotopic (exact) mass is 426 g/mol. The van der Waals surface area contributed by atoms with Crippen LogP contribution in [0.25, 0.3) is 16.7 Å². The van der Waals surface area contributed by atoms with E-state index in [1.165, 1.54) is 11.1 Å². The first-order valence-electron chi connectivity index (χ1n) is 11.2. The van der Waals surface area contributed by atoms with Crippen LogP contribution in [0.4, 0.5) is 5.69 Å². The molecule has 2 aromatic heterocycles. The second kappa shape index (κ2) is 8.95. The summed E-state index contributed by atoms with van der Waals surface area (Å²) in [5.41, 5.74) is 9.33. The first-order chi connectivity index (χ1) is 15.4. The fraction of sp³-hybridized carbons (Fsp3) is 0.296. The highest BCUT2D eigenvalue weighted by atomic mass is 16.1. The van der Waals surface area contributed by atoms with E-state index in [1.807, 2.05) is 36.7 Å². The van der Waals surface area contributed by atoms with E-state index in [2.05, 4.69) is 56.4 Å². The normalized spacial score (nSPS) is 11.2. The first kappa shape index (κ1) is 21.8. The van der Waals surface area contributed by atoms with E-state index >= 15 is 0 Å². The van der Waals surface area contributed by atoms with Crippen molar-refractivity contribution >= 4 is 22.6 Å². The van der Waals surface area contributed by atoms with Gasteiger partial charge in [0.1, 0.15) is 0 Å². The van der Waals surface area contributed by atoms with Gasteiger partial charge in [0.15, 0.2) is 5.65 Å².